The molecule has 2 aromatic carbocycles. The van der Waals surface area contributed by atoms with E-state index in [4.69, 9.17) is 0 Å². The van der Waals surface area contributed by atoms with Crippen molar-refractivity contribution in [3.63, 3.8) is 0 Å². The van der Waals surface area contributed by atoms with Gasteiger partial charge in [0.2, 0.25) is 0 Å². The molecule has 0 aliphatic carbocycles. The highest BCUT2D eigenvalue weighted by Gasteiger charge is 2.22. The lowest BCUT2D eigenvalue weighted by atomic mass is 10.1. The predicted molar refractivity (Wildman–Crippen MR) is 95.4 cm³/mol. The minimum absolute atomic E-state index is 0.0390. The third kappa shape index (κ3) is 4.26. The van der Waals surface area contributed by atoms with E-state index in [1.165, 1.54) is 19.2 Å². The van der Waals surface area contributed by atoms with Gasteiger partial charge in [0.25, 0.3) is 5.91 Å². The van der Waals surface area contributed by atoms with Crippen LogP contribution in [-0.4, -0.2) is 55.0 Å². The zero-order valence-electron chi connectivity index (χ0n) is 14.7. The average Bonchev–Trinajstić information content (AvgIpc) is 2.69. The quantitative estimate of drug-likeness (QED) is 0.790. The van der Waals surface area contributed by atoms with Crippen molar-refractivity contribution in [3.05, 3.63) is 71.0 Å². The molecule has 0 aromatic heterocycles. The molecule has 3 rings (SSSR count). The monoisotopic (exact) mass is 356 g/mol. The van der Waals surface area contributed by atoms with E-state index in [-0.39, 0.29) is 11.7 Å². The minimum atomic E-state index is -0.418. The van der Waals surface area contributed by atoms with Crippen LogP contribution in [0, 0.1) is 5.82 Å². The Morgan fingerprint density at radius 1 is 0.923 bits per heavy atom. The first-order valence-corrected chi connectivity index (χ1v) is 8.51. The molecule has 26 heavy (non-hydrogen) atoms. The van der Waals surface area contributed by atoms with Crippen molar-refractivity contribution < 1.29 is 18.7 Å². The molecular weight excluding hydrogens is 335 g/mol. The Hall–Kier alpha value is -2.73. The van der Waals surface area contributed by atoms with E-state index in [9.17, 15) is 14.0 Å². The lowest BCUT2D eigenvalue weighted by molar-refractivity contribution is 0.0596. The molecule has 1 saturated heterocycles. The van der Waals surface area contributed by atoms with Gasteiger partial charge in [0.15, 0.2) is 0 Å². The number of piperazine rings is 1. The van der Waals surface area contributed by atoms with E-state index in [1.807, 2.05) is 4.90 Å². The van der Waals surface area contributed by atoms with Gasteiger partial charge < -0.3 is 9.64 Å². The van der Waals surface area contributed by atoms with Crippen LogP contribution in [0.1, 0.15) is 26.3 Å². The first-order valence-electron chi connectivity index (χ1n) is 8.51. The van der Waals surface area contributed by atoms with Gasteiger partial charge in [0.1, 0.15) is 5.82 Å². The van der Waals surface area contributed by atoms with Crippen molar-refractivity contribution >= 4 is 11.9 Å². The Labute approximate surface area is 152 Å². The summed E-state index contributed by atoms with van der Waals surface area (Å²) < 4.78 is 17.6. The summed E-state index contributed by atoms with van der Waals surface area (Å²) in [5.41, 5.74) is 2.04. The van der Waals surface area contributed by atoms with Crippen LogP contribution in [0.25, 0.3) is 0 Å². The first kappa shape index (κ1) is 18.1. The highest BCUT2D eigenvalue weighted by molar-refractivity contribution is 5.96. The van der Waals surface area contributed by atoms with Gasteiger partial charge in [-0.25, -0.2) is 9.18 Å². The highest BCUT2D eigenvalue weighted by Crippen LogP contribution is 2.13. The van der Waals surface area contributed by atoms with Gasteiger partial charge in [-0.1, -0.05) is 12.1 Å². The normalized spacial score (nSPS) is 14.9. The van der Waals surface area contributed by atoms with E-state index >= 15 is 0 Å². The van der Waals surface area contributed by atoms with Crippen molar-refractivity contribution in [1.29, 1.82) is 0 Å². The number of hydrogen-bond donors (Lipinski definition) is 0. The molecule has 0 N–H and O–H groups in total. The maximum absolute atomic E-state index is 13.0. The Bertz CT molecular complexity index is 767. The number of carbonyl (C=O) groups is 2. The predicted octanol–water partition coefficient (Wildman–Crippen LogP) is 2.57. The molecular formula is C20H21FN2O3. The lowest BCUT2D eigenvalue weighted by Gasteiger charge is -2.34. The van der Waals surface area contributed by atoms with Gasteiger partial charge in [0, 0.05) is 38.3 Å². The molecule has 0 saturated carbocycles. The fourth-order valence-corrected chi connectivity index (χ4v) is 3.01. The number of rotatable bonds is 4. The lowest BCUT2D eigenvalue weighted by Crippen LogP contribution is -2.48. The van der Waals surface area contributed by atoms with Crippen molar-refractivity contribution in [2.75, 3.05) is 33.3 Å². The molecule has 5 nitrogen and oxygen atoms in total. The molecule has 0 radical (unpaired) electrons. The number of methoxy groups -OCH3 is 1. The summed E-state index contributed by atoms with van der Waals surface area (Å²) in [7, 11) is 1.33. The van der Waals surface area contributed by atoms with Gasteiger partial charge in [0.05, 0.1) is 12.7 Å². The molecule has 6 heteroatoms. The smallest absolute Gasteiger partial charge is 0.337 e. The molecule has 0 unspecified atom stereocenters. The molecule has 0 bridgehead atoms. The van der Waals surface area contributed by atoms with E-state index in [1.54, 1.807) is 36.4 Å². The first-order chi connectivity index (χ1) is 12.6. The van der Waals surface area contributed by atoms with Crippen molar-refractivity contribution in [1.82, 2.24) is 9.80 Å². The standard InChI is InChI=1S/C20H21FN2O3/c1-26-20(25)17-6-4-16(5-7-17)19(24)23-12-10-22(11-13-23)14-15-2-8-18(21)9-3-15/h2-9H,10-14H2,1H3. The molecule has 1 aliphatic rings. The second-order valence-electron chi connectivity index (χ2n) is 6.26. The molecule has 1 fully saturated rings. The van der Waals surface area contributed by atoms with Crippen LogP contribution in [-0.2, 0) is 11.3 Å². The van der Waals surface area contributed by atoms with Gasteiger partial charge in [-0.15, -0.1) is 0 Å². The van der Waals surface area contributed by atoms with Gasteiger partial charge in [-0.05, 0) is 42.0 Å². The van der Waals surface area contributed by atoms with Gasteiger partial charge in [-0.3, -0.25) is 9.69 Å². The Morgan fingerprint density at radius 3 is 2.08 bits per heavy atom. The van der Waals surface area contributed by atoms with Gasteiger partial charge in [-0.2, -0.15) is 0 Å². The molecule has 1 amide bonds. The van der Waals surface area contributed by atoms with E-state index in [0.29, 0.717) is 24.2 Å². The summed E-state index contributed by atoms with van der Waals surface area (Å²) in [5.74, 6) is -0.691. The molecule has 0 spiro atoms. The Balaban J connectivity index is 1.54. The minimum Gasteiger partial charge on any atom is -0.465 e. The summed E-state index contributed by atoms with van der Waals surface area (Å²) in [6.07, 6.45) is 0. The number of nitrogens with zero attached hydrogens (tertiary/aromatic N) is 2. The largest absolute Gasteiger partial charge is 0.465 e. The number of ether oxygens (including phenoxy) is 1. The number of halogens is 1. The summed E-state index contributed by atoms with van der Waals surface area (Å²) in [6, 6.07) is 13.0. The second-order valence-corrected chi connectivity index (χ2v) is 6.26. The van der Waals surface area contributed by atoms with Crippen LogP contribution in [0.2, 0.25) is 0 Å². The summed E-state index contributed by atoms with van der Waals surface area (Å²) in [6.45, 7) is 3.56. The summed E-state index contributed by atoms with van der Waals surface area (Å²) in [5, 5.41) is 0. The highest BCUT2D eigenvalue weighted by atomic mass is 19.1. The zero-order valence-corrected chi connectivity index (χ0v) is 14.7. The van der Waals surface area contributed by atoms with Crippen LogP contribution < -0.4 is 0 Å². The average molecular weight is 356 g/mol. The molecule has 1 aliphatic heterocycles. The fraction of sp³-hybridized carbons (Fsp3) is 0.300. The number of carbonyl (C=O) groups excluding carboxylic acids is 2. The maximum atomic E-state index is 13.0. The third-order valence-corrected chi connectivity index (χ3v) is 4.53. The number of benzene rings is 2. The number of esters is 1. The van der Waals surface area contributed by atoms with Crippen LogP contribution in [0.15, 0.2) is 48.5 Å². The van der Waals surface area contributed by atoms with Crippen LogP contribution in [0.5, 0.6) is 0 Å². The summed E-state index contributed by atoms with van der Waals surface area (Å²) in [4.78, 5) is 28.1. The second kappa shape index (κ2) is 8.10. The third-order valence-electron chi connectivity index (χ3n) is 4.53. The molecule has 0 atom stereocenters. The van der Waals surface area contributed by atoms with E-state index in [2.05, 4.69) is 9.64 Å². The zero-order chi connectivity index (χ0) is 18.5. The van der Waals surface area contributed by atoms with Crippen LogP contribution in [0.3, 0.4) is 0 Å². The maximum Gasteiger partial charge on any atom is 0.337 e. The Kier molecular flexibility index (Phi) is 5.63. The topological polar surface area (TPSA) is 49.9 Å². The molecule has 2 aromatic rings. The van der Waals surface area contributed by atoms with Crippen molar-refractivity contribution in [2.45, 2.75) is 6.54 Å². The van der Waals surface area contributed by atoms with Crippen LogP contribution in [0.4, 0.5) is 4.39 Å². The number of amides is 1. The van der Waals surface area contributed by atoms with Crippen molar-refractivity contribution in [3.8, 4) is 0 Å². The molecule has 1 heterocycles. The van der Waals surface area contributed by atoms with Gasteiger partial charge >= 0.3 is 5.97 Å². The number of hydrogen-bond acceptors (Lipinski definition) is 4. The van der Waals surface area contributed by atoms with E-state index in [0.717, 1.165) is 25.2 Å². The van der Waals surface area contributed by atoms with E-state index < -0.39 is 5.97 Å². The SMILES string of the molecule is COC(=O)c1ccc(C(=O)N2CCN(Cc3ccc(F)cc3)CC2)cc1. The Morgan fingerprint density at radius 2 is 1.50 bits per heavy atom. The van der Waals surface area contributed by atoms with Crippen LogP contribution >= 0.6 is 0 Å². The fourth-order valence-electron chi connectivity index (χ4n) is 3.01. The molecule has 136 valence electrons. The van der Waals surface area contributed by atoms with Crippen molar-refractivity contribution in [2.24, 2.45) is 0 Å². The summed E-state index contributed by atoms with van der Waals surface area (Å²) >= 11 is 0.